The first kappa shape index (κ1) is 15.5. The number of anilines is 1. The number of halogens is 1. The molecule has 1 fully saturated rings. The zero-order valence-corrected chi connectivity index (χ0v) is 12.3. The van der Waals surface area contributed by atoms with Crippen LogP contribution in [-0.4, -0.2) is 29.7 Å². The monoisotopic (exact) mass is 316 g/mol. The number of hydrogen-bond acceptors (Lipinski definition) is 4. The lowest BCUT2D eigenvalue weighted by molar-refractivity contribution is -0.117. The molecule has 2 aromatic carbocycles. The predicted octanol–water partition coefficient (Wildman–Crippen LogP) is 2.28. The third kappa shape index (κ3) is 4.06. The Morgan fingerprint density at radius 1 is 1.13 bits per heavy atom. The summed E-state index contributed by atoms with van der Waals surface area (Å²) in [7, 11) is 0. The Bertz CT molecular complexity index is 673. The van der Waals surface area contributed by atoms with Crippen LogP contribution in [0.5, 0.6) is 11.5 Å². The van der Waals surface area contributed by atoms with Crippen LogP contribution in [0.25, 0.3) is 0 Å². The molecule has 6 heteroatoms. The van der Waals surface area contributed by atoms with Gasteiger partial charge in [-0.25, -0.2) is 4.39 Å². The average molecular weight is 316 g/mol. The Kier molecular flexibility index (Phi) is 4.55. The molecule has 0 spiro atoms. The first-order valence-corrected chi connectivity index (χ1v) is 7.36. The van der Waals surface area contributed by atoms with E-state index in [1.165, 1.54) is 12.1 Å². The summed E-state index contributed by atoms with van der Waals surface area (Å²) in [5.74, 6) is 0.631. The number of rotatable bonds is 4. The van der Waals surface area contributed by atoms with Crippen LogP contribution in [0.2, 0.25) is 0 Å². The summed E-state index contributed by atoms with van der Waals surface area (Å²) in [6.45, 7) is 0.433. The number of aliphatic hydroxyl groups excluding tert-OH is 1. The van der Waals surface area contributed by atoms with E-state index in [0.717, 1.165) is 0 Å². The van der Waals surface area contributed by atoms with Gasteiger partial charge in [-0.15, -0.1) is 0 Å². The van der Waals surface area contributed by atoms with E-state index in [0.29, 0.717) is 30.2 Å². The van der Waals surface area contributed by atoms with Crippen LogP contribution in [0.15, 0.2) is 48.5 Å². The highest BCUT2D eigenvalue weighted by Crippen LogP contribution is 2.23. The fourth-order valence-corrected chi connectivity index (χ4v) is 2.39. The lowest BCUT2D eigenvalue weighted by atomic mass is 10.2. The van der Waals surface area contributed by atoms with E-state index in [2.05, 4.69) is 10.6 Å². The second kappa shape index (κ2) is 6.76. The summed E-state index contributed by atoms with van der Waals surface area (Å²) in [5, 5.41) is 15.2. The van der Waals surface area contributed by atoms with Gasteiger partial charge in [-0.2, -0.15) is 0 Å². The van der Waals surface area contributed by atoms with Crippen LogP contribution >= 0.6 is 0 Å². The lowest BCUT2D eigenvalue weighted by Gasteiger charge is -2.11. The third-order valence-corrected chi connectivity index (χ3v) is 3.60. The largest absolute Gasteiger partial charge is 0.457 e. The van der Waals surface area contributed by atoms with E-state index in [1.807, 2.05) is 0 Å². The van der Waals surface area contributed by atoms with Gasteiger partial charge in [-0.05, 0) is 55.0 Å². The van der Waals surface area contributed by atoms with Gasteiger partial charge in [0.15, 0.2) is 0 Å². The van der Waals surface area contributed by atoms with Gasteiger partial charge in [-0.3, -0.25) is 4.79 Å². The minimum atomic E-state index is -0.475. The van der Waals surface area contributed by atoms with Crippen molar-refractivity contribution in [1.82, 2.24) is 5.32 Å². The first-order chi connectivity index (χ1) is 11.1. The van der Waals surface area contributed by atoms with Gasteiger partial charge in [0.2, 0.25) is 5.91 Å². The minimum absolute atomic E-state index is 0.172. The summed E-state index contributed by atoms with van der Waals surface area (Å²) in [5.41, 5.74) is 0.643. The van der Waals surface area contributed by atoms with E-state index >= 15 is 0 Å². The summed E-state index contributed by atoms with van der Waals surface area (Å²) in [4.78, 5) is 12.0. The fraction of sp³-hybridized carbons (Fsp3) is 0.235. The number of aliphatic hydroxyl groups is 1. The van der Waals surface area contributed by atoms with Crippen LogP contribution < -0.4 is 15.4 Å². The maximum atomic E-state index is 12.8. The van der Waals surface area contributed by atoms with Crippen LogP contribution in [0, 0.1) is 5.82 Å². The number of amides is 1. The molecule has 0 aliphatic carbocycles. The van der Waals surface area contributed by atoms with Crippen molar-refractivity contribution in [3.8, 4) is 11.5 Å². The quantitative estimate of drug-likeness (QED) is 0.809. The van der Waals surface area contributed by atoms with E-state index in [4.69, 9.17) is 4.74 Å². The molecule has 23 heavy (non-hydrogen) atoms. The summed E-state index contributed by atoms with van der Waals surface area (Å²) < 4.78 is 18.4. The van der Waals surface area contributed by atoms with E-state index in [9.17, 15) is 14.3 Å². The molecule has 3 N–H and O–H groups in total. The Morgan fingerprint density at radius 3 is 2.30 bits per heavy atom. The number of hydrogen-bond donors (Lipinski definition) is 3. The van der Waals surface area contributed by atoms with Gasteiger partial charge in [-0.1, -0.05) is 0 Å². The smallest absolute Gasteiger partial charge is 0.241 e. The van der Waals surface area contributed by atoms with Crippen LogP contribution in [0.1, 0.15) is 6.42 Å². The van der Waals surface area contributed by atoms with Crippen molar-refractivity contribution in [2.75, 3.05) is 11.9 Å². The highest BCUT2D eigenvalue weighted by molar-refractivity contribution is 5.95. The molecule has 1 aliphatic heterocycles. The fourth-order valence-electron chi connectivity index (χ4n) is 2.39. The highest BCUT2D eigenvalue weighted by atomic mass is 19.1. The molecule has 0 bridgehead atoms. The zero-order valence-electron chi connectivity index (χ0n) is 12.3. The molecule has 2 aromatic rings. The van der Waals surface area contributed by atoms with E-state index in [-0.39, 0.29) is 17.8 Å². The molecule has 1 saturated heterocycles. The SMILES string of the molecule is O=C(Nc1ccc(Oc2ccc(F)cc2)cc1)[C@H]1C[C@@H](O)CN1. The zero-order chi connectivity index (χ0) is 16.2. The predicted molar refractivity (Wildman–Crippen MR) is 84.0 cm³/mol. The van der Waals surface area contributed by atoms with Crippen LogP contribution in [0.4, 0.5) is 10.1 Å². The van der Waals surface area contributed by atoms with Crippen molar-refractivity contribution in [3.63, 3.8) is 0 Å². The number of benzene rings is 2. The number of β-amino-alcohol motifs (C(OH)–C–C–N with tert-alkyl or cyclic N) is 1. The molecular formula is C17H17FN2O3. The summed E-state index contributed by atoms with van der Waals surface area (Å²) in [6, 6.07) is 12.3. The van der Waals surface area contributed by atoms with Gasteiger partial charge in [0, 0.05) is 12.2 Å². The summed E-state index contributed by atoms with van der Waals surface area (Å²) in [6.07, 6.45) is -0.0605. The van der Waals surface area contributed by atoms with Crippen LogP contribution in [-0.2, 0) is 4.79 Å². The molecule has 120 valence electrons. The summed E-state index contributed by atoms with van der Waals surface area (Å²) >= 11 is 0. The van der Waals surface area contributed by atoms with Crippen LogP contribution in [0.3, 0.4) is 0 Å². The second-order valence-corrected chi connectivity index (χ2v) is 5.42. The van der Waals surface area contributed by atoms with Crippen molar-refractivity contribution in [3.05, 3.63) is 54.3 Å². The van der Waals surface area contributed by atoms with Gasteiger partial charge >= 0.3 is 0 Å². The average Bonchev–Trinajstić information content (AvgIpc) is 2.98. The molecule has 0 unspecified atom stereocenters. The molecular weight excluding hydrogens is 299 g/mol. The molecule has 0 radical (unpaired) electrons. The van der Waals surface area contributed by atoms with Gasteiger partial charge in [0.25, 0.3) is 0 Å². The standard InChI is InChI=1S/C17H17FN2O3/c18-11-1-5-14(6-2-11)23-15-7-3-12(4-8-15)20-17(22)16-9-13(21)10-19-16/h1-8,13,16,19,21H,9-10H2,(H,20,22)/t13-,16-/m1/s1. The van der Waals surface area contributed by atoms with Gasteiger partial charge in [0.1, 0.15) is 17.3 Å². The normalized spacial score (nSPS) is 20.3. The Hall–Kier alpha value is -2.44. The van der Waals surface area contributed by atoms with Gasteiger partial charge in [0.05, 0.1) is 12.1 Å². The van der Waals surface area contributed by atoms with Crippen molar-refractivity contribution in [1.29, 1.82) is 0 Å². The Morgan fingerprint density at radius 2 is 1.74 bits per heavy atom. The molecule has 2 atom stereocenters. The number of carbonyl (C=O) groups is 1. The van der Waals surface area contributed by atoms with Gasteiger partial charge < -0.3 is 20.5 Å². The van der Waals surface area contributed by atoms with Crippen molar-refractivity contribution < 1.29 is 19.0 Å². The number of nitrogens with one attached hydrogen (secondary N) is 2. The third-order valence-electron chi connectivity index (χ3n) is 3.60. The number of ether oxygens (including phenoxy) is 1. The van der Waals surface area contributed by atoms with Crippen molar-refractivity contribution in [2.45, 2.75) is 18.6 Å². The lowest BCUT2D eigenvalue weighted by Crippen LogP contribution is -2.35. The number of carbonyl (C=O) groups excluding carboxylic acids is 1. The maximum absolute atomic E-state index is 12.8. The second-order valence-electron chi connectivity index (χ2n) is 5.42. The molecule has 0 aromatic heterocycles. The maximum Gasteiger partial charge on any atom is 0.241 e. The molecule has 1 aliphatic rings. The molecule has 5 nitrogen and oxygen atoms in total. The van der Waals surface area contributed by atoms with E-state index < -0.39 is 6.10 Å². The highest BCUT2D eigenvalue weighted by Gasteiger charge is 2.27. The molecule has 1 heterocycles. The Labute approximate surface area is 133 Å². The molecule has 0 saturated carbocycles. The minimum Gasteiger partial charge on any atom is -0.457 e. The molecule has 3 rings (SSSR count). The van der Waals surface area contributed by atoms with E-state index in [1.54, 1.807) is 36.4 Å². The molecule has 1 amide bonds. The topological polar surface area (TPSA) is 70.6 Å². The van der Waals surface area contributed by atoms with Crippen molar-refractivity contribution in [2.24, 2.45) is 0 Å². The Balaban J connectivity index is 1.58. The van der Waals surface area contributed by atoms with Crippen molar-refractivity contribution >= 4 is 11.6 Å². The first-order valence-electron chi connectivity index (χ1n) is 7.36.